The number of nitro benzene ring substituents is 1. The average molecular weight is 363 g/mol. The van der Waals surface area contributed by atoms with E-state index < -0.39 is 4.92 Å². The smallest absolute Gasteiger partial charge is 0.271 e. The number of thiocarbonyl (C=S) groups is 1. The molecule has 2 aromatic rings. The first-order chi connectivity index (χ1) is 12.0. The topological polar surface area (TPSA) is 94.9 Å². The number of nitrogens with one attached hydrogen (secondary N) is 2. The average Bonchev–Trinajstić information content (AvgIpc) is 2.61. The number of hydrogen-bond acceptors (Lipinski definition) is 6. The molecule has 0 aliphatic carbocycles. The summed E-state index contributed by atoms with van der Waals surface area (Å²) in [7, 11) is 4.55. The molecule has 0 spiro atoms. The number of rotatable bonds is 6. The molecule has 25 heavy (non-hydrogen) atoms. The van der Waals surface area contributed by atoms with Crippen LogP contribution in [0.5, 0.6) is 17.2 Å². The summed E-state index contributed by atoms with van der Waals surface area (Å²) < 4.78 is 15.6. The van der Waals surface area contributed by atoms with E-state index in [-0.39, 0.29) is 10.8 Å². The minimum absolute atomic E-state index is 0.0786. The van der Waals surface area contributed by atoms with Gasteiger partial charge in [0.1, 0.15) is 17.2 Å². The molecule has 8 nitrogen and oxygen atoms in total. The summed E-state index contributed by atoms with van der Waals surface area (Å²) in [6, 6.07) is 9.40. The van der Waals surface area contributed by atoms with Gasteiger partial charge in [0.05, 0.1) is 37.6 Å². The maximum atomic E-state index is 10.9. The zero-order valence-corrected chi connectivity index (χ0v) is 14.7. The number of nitrogens with zero attached hydrogens (tertiary/aromatic N) is 1. The van der Waals surface area contributed by atoms with E-state index in [0.717, 1.165) is 0 Å². The first-order valence-corrected chi connectivity index (χ1v) is 7.51. The van der Waals surface area contributed by atoms with Gasteiger partial charge < -0.3 is 24.8 Å². The minimum atomic E-state index is -0.494. The van der Waals surface area contributed by atoms with Crippen LogP contribution in [-0.2, 0) is 0 Å². The Morgan fingerprint density at radius 3 is 2.04 bits per heavy atom. The summed E-state index contributed by atoms with van der Waals surface area (Å²) in [5.41, 5.74) is 0.880. The van der Waals surface area contributed by atoms with Crippen LogP contribution in [0.1, 0.15) is 0 Å². The van der Waals surface area contributed by atoms with Gasteiger partial charge in [-0.1, -0.05) is 0 Å². The number of methoxy groups -OCH3 is 3. The van der Waals surface area contributed by atoms with Crippen molar-refractivity contribution in [2.45, 2.75) is 0 Å². The lowest BCUT2D eigenvalue weighted by Gasteiger charge is -2.15. The standard InChI is InChI=1S/C16H17N3O5S/c1-22-11-5-7-15(24-3)13(9-11)18-16(25)17-12-8-10(19(20)21)4-6-14(12)23-2/h4-9H,1-3H3,(H2,17,18,25). The van der Waals surface area contributed by atoms with Crippen molar-refractivity contribution >= 4 is 34.4 Å². The van der Waals surface area contributed by atoms with Crippen LogP contribution in [0.2, 0.25) is 0 Å². The summed E-state index contributed by atoms with van der Waals surface area (Å²) in [6.07, 6.45) is 0. The normalized spacial score (nSPS) is 9.88. The lowest BCUT2D eigenvalue weighted by atomic mass is 10.2. The van der Waals surface area contributed by atoms with E-state index in [4.69, 9.17) is 26.4 Å². The van der Waals surface area contributed by atoms with Crippen molar-refractivity contribution in [1.82, 2.24) is 0 Å². The van der Waals surface area contributed by atoms with Crippen LogP contribution in [0.4, 0.5) is 17.1 Å². The Kier molecular flexibility index (Phi) is 5.96. The highest BCUT2D eigenvalue weighted by molar-refractivity contribution is 7.80. The van der Waals surface area contributed by atoms with Gasteiger partial charge in [-0.2, -0.15) is 0 Å². The van der Waals surface area contributed by atoms with Crippen LogP contribution < -0.4 is 24.8 Å². The molecule has 9 heteroatoms. The molecule has 0 bridgehead atoms. The van der Waals surface area contributed by atoms with Crippen molar-refractivity contribution in [3.8, 4) is 17.2 Å². The number of non-ortho nitro benzene ring substituents is 1. The molecular formula is C16H17N3O5S. The van der Waals surface area contributed by atoms with E-state index in [1.807, 2.05) is 0 Å². The lowest BCUT2D eigenvalue weighted by Crippen LogP contribution is -2.20. The fourth-order valence-electron chi connectivity index (χ4n) is 2.09. The fraction of sp³-hybridized carbons (Fsp3) is 0.188. The molecule has 0 radical (unpaired) electrons. The fourth-order valence-corrected chi connectivity index (χ4v) is 2.31. The highest BCUT2D eigenvalue weighted by atomic mass is 32.1. The third-order valence-corrected chi connectivity index (χ3v) is 3.50. The summed E-state index contributed by atoms with van der Waals surface area (Å²) >= 11 is 5.28. The quantitative estimate of drug-likeness (QED) is 0.458. The second kappa shape index (κ2) is 8.15. The molecule has 2 aromatic carbocycles. The highest BCUT2D eigenvalue weighted by Gasteiger charge is 2.13. The van der Waals surface area contributed by atoms with E-state index in [0.29, 0.717) is 28.6 Å². The third-order valence-electron chi connectivity index (χ3n) is 3.30. The van der Waals surface area contributed by atoms with E-state index >= 15 is 0 Å². The second-order valence-electron chi connectivity index (χ2n) is 4.79. The van der Waals surface area contributed by atoms with Gasteiger partial charge in [-0.15, -0.1) is 0 Å². The van der Waals surface area contributed by atoms with Crippen LogP contribution in [0.15, 0.2) is 36.4 Å². The molecule has 0 aliphatic rings. The number of benzene rings is 2. The number of ether oxygens (including phenoxy) is 3. The molecule has 2 rings (SSSR count). The first-order valence-electron chi connectivity index (χ1n) is 7.11. The molecule has 0 atom stereocenters. The molecule has 2 N–H and O–H groups in total. The summed E-state index contributed by atoms with van der Waals surface area (Å²) in [5, 5.41) is 17.0. The predicted molar refractivity (Wildman–Crippen MR) is 99.0 cm³/mol. The molecule has 0 aliphatic heterocycles. The Hall–Kier alpha value is -3.07. The third kappa shape index (κ3) is 4.48. The van der Waals surface area contributed by atoms with Crippen molar-refractivity contribution in [2.75, 3.05) is 32.0 Å². The number of anilines is 2. The summed E-state index contributed by atoms with van der Waals surface area (Å²) in [4.78, 5) is 10.4. The van der Waals surface area contributed by atoms with E-state index in [1.54, 1.807) is 25.3 Å². The molecule has 0 fully saturated rings. The zero-order chi connectivity index (χ0) is 18.4. The Bertz CT molecular complexity index is 797. The maximum Gasteiger partial charge on any atom is 0.271 e. The van der Waals surface area contributed by atoms with Crippen molar-refractivity contribution < 1.29 is 19.1 Å². The largest absolute Gasteiger partial charge is 0.497 e. The van der Waals surface area contributed by atoms with E-state index in [1.165, 1.54) is 32.4 Å². The van der Waals surface area contributed by atoms with Gasteiger partial charge in [-0.3, -0.25) is 10.1 Å². The monoisotopic (exact) mass is 363 g/mol. The van der Waals surface area contributed by atoms with Gasteiger partial charge in [0.25, 0.3) is 5.69 Å². The summed E-state index contributed by atoms with van der Waals surface area (Å²) in [6.45, 7) is 0. The Morgan fingerprint density at radius 1 is 0.960 bits per heavy atom. The maximum absolute atomic E-state index is 10.9. The van der Waals surface area contributed by atoms with Crippen LogP contribution in [0, 0.1) is 10.1 Å². The van der Waals surface area contributed by atoms with Crippen LogP contribution in [0.25, 0.3) is 0 Å². The minimum Gasteiger partial charge on any atom is -0.497 e. The van der Waals surface area contributed by atoms with E-state index in [9.17, 15) is 10.1 Å². The van der Waals surface area contributed by atoms with Crippen molar-refractivity contribution in [3.63, 3.8) is 0 Å². The van der Waals surface area contributed by atoms with Crippen molar-refractivity contribution in [2.24, 2.45) is 0 Å². The molecule has 0 saturated heterocycles. The number of nitro groups is 1. The van der Waals surface area contributed by atoms with Gasteiger partial charge in [0.15, 0.2) is 5.11 Å². The van der Waals surface area contributed by atoms with Gasteiger partial charge in [-0.25, -0.2) is 0 Å². The van der Waals surface area contributed by atoms with Gasteiger partial charge in [0.2, 0.25) is 0 Å². The van der Waals surface area contributed by atoms with Crippen LogP contribution in [0.3, 0.4) is 0 Å². The summed E-state index contributed by atoms with van der Waals surface area (Å²) in [5.74, 6) is 1.61. The Morgan fingerprint density at radius 2 is 1.52 bits per heavy atom. The SMILES string of the molecule is COc1ccc(OC)c(NC(=S)Nc2cc([N+](=O)[O-])ccc2OC)c1. The zero-order valence-electron chi connectivity index (χ0n) is 13.9. The van der Waals surface area contributed by atoms with Gasteiger partial charge in [0, 0.05) is 18.2 Å². The molecule has 0 heterocycles. The van der Waals surface area contributed by atoms with Crippen LogP contribution >= 0.6 is 12.2 Å². The second-order valence-corrected chi connectivity index (χ2v) is 5.20. The molecular weight excluding hydrogens is 346 g/mol. The molecule has 0 aromatic heterocycles. The number of hydrogen-bond donors (Lipinski definition) is 2. The Labute approximate surface area is 149 Å². The molecule has 0 amide bonds. The van der Waals surface area contributed by atoms with E-state index in [2.05, 4.69) is 10.6 Å². The molecule has 0 saturated carbocycles. The Balaban J connectivity index is 2.23. The lowest BCUT2D eigenvalue weighted by molar-refractivity contribution is -0.384. The van der Waals surface area contributed by atoms with Gasteiger partial charge in [-0.05, 0) is 30.4 Å². The highest BCUT2D eigenvalue weighted by Crippen LogP contribution is 2.31. The van der Waals surface area contributed by atoms with Gasteiger partial charge >= 0.3 is 0 Å². The molecule has 132 valence electrons. The predicted octanol–water partition coefficient (Wildman–Crippen LogP) is 3.43. The first kappa shape index (κ1) is 18.3. The molecule has 0 unspecified atom stereocenters. The van der Waals surface area contributed by atoms with Crippen molar-refractivity contribution in [3.05, 3.63) is 46.5 Å². The van der Waals surface area contributed by atoms with Crippen molar-refractivity contribution in [1.29, 1.82) is 0 Å². The van der Waals surface area contributed by atoms with Crippen LogP contribution in [-0.4, -0.2) is 31.4 Å².